The molecule has 2 rings (SSSR count). The largest absolute Gasteiger partial charge is 0.329 e. The van der Waals surface area contributed by atoms with E-state index in [2.05, 4.69) is 26.2 Å². The zero-order chi connectivity index (χ0) is 13.1. The molecule has 2 aromatic rings. The second-order valence-corrected chi connectivity index (χ2v) is 4.77. The molecule has 0 aliphatic rings. The van der Waals surface area contributed by atoms with Crippen LogP contribution in [0.2, 0.25) is 0 Å². The van der Waals surface area contributed by atoms with Gasteiger partial charge in [0.05, 0.1) is 0 Å². The van der Waals surface area contributed by atoms with Gasteiger partial charge in [-0.2, -0.15) is 0 Å². The first-order chi connectivity index (χ1) is 8.56. The third kappa shape index (κ3) is 2.87. The highest BCUT2D eigenvalue weighted by molar-refractivity contribution is 9.10. The zero-order valence-electron chi connectivity index (χ0n) is 9.66. The Hall–Kier alpha value is -1.88. The molecule has 18 heavy (non-hydrogen) atoms. The maximum Gasteiger partial charge on any atom is 0.255 e. The van der Waals surface area contributed by atoms with E-state index in [0.29, 0.717) is 5.56 Å². The van der Waals surface area contributed by atoms with Gasteiger partial charge in [0, 0.05) is 28.0 Å². The second kappa shape index (κ2) is 5.18. The third-order valence-corrected chi connectivity index (χ3v) is 2.97. The summed E-state index contributed by atoms with van der Waals surface area (Å²) in [6, 6.07) is 8.40. The van der Waals surface area contributed by atoms with Crippen molar-refractivity contribution in [1.29, 1.82) is 0 Å². The van der Waals surface area contributed by atoms with E-state index in [0.717, 1.165) is 15.7 Å². The summed E-state index contributed by atoms with van der Waals surface area (Å²) in [6.07, 6.45) is 1.45. The maximum absolute atomic E-state index is 11.9. The fourth-order valence-electron chi connectivity index (χ4n) is 1.55. The Morgan fingerprint density at radius 2 is 2.06 bits per heavy atom. The van der Waals surface area contributed by atoms with Gasteiger partial charge in [0.25, 0.3) is 5.91 Å². The Balaban J connectivity index is 2.24. The molecule has 5 heteroatoms. The molecular weight excluding hydrogens is 296 g/mol. The van der Waals surface area contributed by atoms with Gasteiger partial charge in [-0.1, -0.05) is 15.9 Å². The van der Waals surface area contributed by atoms with Crippen LogP contribution in [0.5, 0.6) is 0 Å². The molecule has 0 atom stereocenters. The number of anilines is 1. The van der Waals surface area contributed by atoms with Gasteiger partial charge in [0.15, 0.2) is 0 Å². The standard InChI is InChI=1S/C13H11BrN2O2/c1-8-6-10(14)2-3-11(8)16-13(18)9-4-5-15-12(17)7-9/h2-7H,1H3,(H,15,17)(H,16,18). The summed E-state index contributed by atoms with van der Waals surface area (Å²) in [4.78, 5) is 25.5. The van der Waals surface area contributed by atoms with Crippen LogP contribution in [-0.2, 0) is 0 Å². The van der Waals surface area contributed by atoms with Crippen molar-refractivity contribution in [3.05, 3.63) is 62.5 Å². The number of hydrogen-bond donors (Lipinski definition) is 2. The van der Waals surface area contributed by atoms with Gasteiger partial charge in [0.2, 0.25) is 5.56 Å². The molecule has 0 aliphatic heterocycles. The van der Waals surface area contributed by atoms with E-state index < -0.39 is 0 Å². The van der Waals surface area contributed by atoms with E-state index in [1.54, 1.807) is 6.07 Å². The Kier molecular flexibility index (Phi) is 3.62. The van der Waals surface area contributed by atoms with Crippen molar-refractivity contribution >= 4 is 27.5 Å². The second-order valence-electron chi connectivity index (χ2n) is 3.85. The predicted molar refractivity (Wildman–Crippen MR) is 73.9 cm³/mol. The summed E-state index contributed by atoms with van der Waals surface area (Å²) < 4.78 is 0.953. The average molecular weight is 307 g/mol. The van der Waals surface area contributed by atoms with E-state index in [9.17, 15) is 9.59 Å². The van der Waals surface area contributed by atoms with Crippen molar-refractivity contribution in [2.75, 3.05) is 5.32 Å². The normalized spacial score (nSPS) is 10.1. The average Bonchev–Trinajstić information content (AvgIpc) is 2.32. The molecule has 1 heterocycles. The minimum absolute atomic E-state index is 0.296. The van der Waals surface area contributed by atoms with Crippen LogP contribution in [-0.4, -0.2) is 10.9 Å². The monoisotopic (exact) mass is 306 g/mol. The quantitative estimate of drug-likeness (QED) is 0.896. The number of rotatable bonds is 2. The first kappa shape index (κ1) is 12.6. The molecule has 1 amide bonds. The van der Waals surface area contributed by atoms with Gasteiger partial charge in [-0.25, -0.2) is 0 Å². The number of benzene rings is 1. The molecule has 92 valence electrons. The first-order valence-corrected chi connectivity index (χ1v) is 6.12. The summed E-state index contributed by atoms with van der Waals surface area (Å²) >= 11 is 3.36. The van der Waals surface area contributed by atoms with Crippen LogP contribution in [0, 0.1) is 6.92 Å². The molecule has 0 unspecified atom stereocenters. The van der Waals surface area contributed by atoms with Gasteiger partial charge >= 0.3 is 0 Å². The lowest BCUT2D eigenvalue weighted by Crippen LogP contribution is -2.16. The minimum atomic E-state index is -0.300. The van der Waals surface area contributed by atoms with Crippen LogP contribution >= 0.6 is 15.9 Å². The number of pyridine rings is 1. The lowest BCUT2D eigenvalue weighted by molar-refractivity contribution is 0.102. The Bertz CT molecular complexity index is 649. The molecule has 0 fully saturated rings. The molecule has 0 bridgehead atoms. The molecule has 4 nitrogen and oxygen atoms in total. The SMILES string of the molecule is Cc1cc(Br)ccc1NC(=O)c1cc[nH]c(=O)c1. The van der Waals surface area contributed by atoms with Gasteiger partial charge in [-0.05, 0) is 36.8 Å². The molecule has 0 saturated carbocycles. The van der Waals surface area contributed by atoms with Crippen LogP contribution in [0.15, 0.2) is 45.8 Å². The molecular formula is C13H11BrN2O2. The molecule has 1 aromatic carbocycles. The van der Waals surface area contributed by atoms with Crippen LogP contribution in [0.4, 0.5) is 5.69 Å². The summed E-state index contributed by atoms with van der Waals surface area (Å²) in [5, 5.41) is 2.77. The number of aromatic nitrogens is 1. The molecule has 0 spiro atoms. The van der Waals surface area contributed by atoms with Gasteiger partial charge < -0.3 is 10.3 Å². The van der Waals surface area contributed by atoms with E-state index in [4.69, 9.17) is 0 Å². The Morgan fingerprint density at radius 1 is 1.28 bits per heavy atom. The third-order valence-electron chi connectivity index (χ3n) is 2.47. The fraction of sp³-hybridized carbons (Fsp3) is 0.0769. The Morgan fingerprint density at radius 3 is 2.72 bits per heavy atom. The Labute approximate surface area is 112 Å². The van der Waals surface area contributed by atoms with Crippen LogP contribution in [0.1, 0.15) is 15.9 Å². The highest BCUT2D eigenvalue weighted by Crippen LogP contribution is 2.20. The number of hydrogen-bond acceptors (Lipinski definition) is 2. The highest BCUT2D eigenvalue weighted by Gasteiger charge is 2.08. The van der Waals surface area contributed by atoms with Crippen LogP contribution in [0.3, 0.4) is 0 Å². The molecule has 1 aromatic heterocycles. The first-order valence-electron chi connectivity index (χ1n) is 5.32. The number of carbonyl (C=O) groups excluding carboxylic acids is 1. The molecule has 0 radical (unpaired) electrons. The number of amides is 1. The summed E-state index contributed by atoms with van der Waals surface area (Å²) in [7, 11) is 0. The van der Waals surface area contributed by atoms with Crippen molar-refractivity contribution in [2.45, 2.75) is 6.92 Å². The summed E-state index contributed by atoms with van der Waals surface area (Å²) in [5.74, 6) is -0.300. The summed E-state index contributed by atoms with van der Waals surface area (Å²) in [5.41, 5.74) is 1.71. The number of carbonyl (C=O) groups is 1. The number of aromatic amines is 1. The molecule has 2 N–H and O–H groups in total. The van der Waals surface area contributed by atoms with E-state index >= 15 is 0 Å². The number of aryl methyl sites for hydroxylation is 1. The van der Waals surface area contributed by atoms with Crippen molar-refractivity contribution < 1.29 is 4.79 Å². The van der Waals surface area contributed by atoms with E-state index in [1.807, 2.05) is 25.1 Å². The minimum Gasteiger partial charge on any atom is -0.329 e. The zero-order valence-corrected chi connectivity index (χ0v) is 11.2. The van der Waals surface area contributed by atoms with Crippen molar-refractivity contribution in [3.8, 4) is 0 Å². The summed E-state index contributed by atoms with van der Waals surface area (Å²) in [6.45, 7) is 1.90. The number of halogens is 1. The number of H-pyrrole nitrogens is 1. The van der Waals surface area contributed by atoms with Crippen molar-refractivity contribution in [3.63, 3.8) is 0 Å². The highest BCUT2D eigenvalue weighted by atomic mass is 79.9. The maximum atomic E-state index is 11.9. The lowest BCUT2D eigenvalue weighted by Gasteiger charge is -2.08. The smallest absolute Gasteiger partial charge is 0.255 e. The van der Waals surface area contributed by atoms with Crippen molar-refractivity contribution in [1.82, 2.24) is 4.98 Å². The van der Waals surface area contributed by atoms with Crippen molar-refractivity contribution in [2.24, 2.45) is 0 Å². The van der Waals surface area contributed by atoms with Gasteiger partial charge in [-0.3, -0.25) is 9.59 Å². The topological polar surface area (TPSA) is 62.0 Å². The number of nitrogens with one attached hydrogen (secondary N) is 2. The van der Waals surface area contributed by atoms with E-state index in [1.165, 1.54) is 12.3 Å². The van der Waals surface area contributed by atoms with E-state index in [-0.39, 0.29) is 11.5 Å². The van der Waals surface area contributed by atoms with Crippen LogP contribution in [0.25, 0.3) is 0 Å². The van der Waals surface area contributed by atoms with Crippen LogP contribution < -0.4 is 10.9 Å². The predicted octanol–water partition coefficient (Wildman–Crippen LogP) is 2.70. The lowest BCUT2D eigenvalue weighted by atomic mass is 10.2. The molecule has 0 saturated heterocycles. The fourth-order valence-corrected chi connectivity index (χ4v) is 2.02. The van der Waals surface area contributed by atoms with Gasteiger partial charge in [0.1, 0.15) is 0 Å². The van der Waals surface area contributed by atoms with Gasteiger partial charge in [-0.15, -0.1) is 0 Å². The molecule has 0 aliphatic carbocycles.